The molecule has 5 nitrogen and oxygen atoms in total. The number of likely N-dealkylation sites (tertiary alicyclic amines) is 1. The van der Waals surface area contributed by atoms with E-state index in [-0.39, 0.29) is 11.8 Å². The molecule has 2 aromatic carbocycles. The zero-order valence-electron chi connectivity index (χ0n) is 14.9. The Morgan fingerprint density at radius 2 is 2.04 bits per heavy atom. The second kappa shape index (κ2) is 6.92. The van der Waals surface area contributed by atoms with Crippen molar-refractivity contribution in [1.29, 1.82) is 0 Å². The molecule has 3 aromatic rings. The minimum Gasteiger partial charge on any atom is -0.385 e. The van der Waals surface area contributed by atoms with E-state index in [4.69, 9.17) is 0 Å². The summed E-state index contributed by atoms with van der Waals surface area (Å²) >= 11 is 0. The van der Waals surface area contributed by atoms with Gasteiger partial charge >= 0.3 is 0 Å². The van der Waals surface area contributed by atoms with Crippen LogP contribution in [0.3, 0.4) is 0 Å². The maximum atomic E-state index is 13.0. The topological polar surface area (TPSA) is 58.4 Å². The van der Waals surface area contributed by atoms with E-state index in [2.05, 4.69) is 4.98 Å². The first-order chi connectivity index (χ1) is 12.6. The van der Waals surface area contributed by atoms with Gasteiger partial charge in [0.25, 0.3) is 5.91 Å². The third-order valence-electron chi connectivity index (χ3n) is 5.31. The van der Waals surface area contributed by atoms with Gasteiger partial charge in [-0.15, -0.1) is 0 Å². The molecule has 0 bridgehead atoms. The summed E-state index contributed by atoms with van der Waals surface area (Å²) in [5.74, 6) is 0.705. The molecule has 1 aliphatic rings. The molecule has 5 heteroatoms. The monoisotopic (exact) mass is 349 g/mol. The fourth-order valence-electron chi connectivity index (χ4n) is 3.83. The van der Waals surface area contributed by atoms with Crippen LogP contribution in [0.5, 0.6) is 0 Å². The molecule has 0 saturated carbocycles. The fourth-order valence-corrected chi connectivity index (χ4v) is 3.83. The van der Waals surface area contributed by atoms with Crippen LogP contribution in [0, 0.1) is 5.92 Å². The van der Waals surface area contributed by atoms with Gasteiger partial charge < -0.3 is 14.6 Å². The van der Waals surface area contributed by atoms with Gasteiger partial charge in [0.1, 0.15) is 11.9 Å². The molecular formula is C21H23N3O2. The van der Waals surface area contributed by atoms with E-state index < -0.39 is 6.10 Å². The van der Waals surface area contributed by atoms with Crippen molar-refractivity contribution < 1.29 is 9.90 Å². The Labute approximate surface area is 152 Å². The van der Waals surface area contributed by atoms with Crippen molar-refractivity contribution in [2.24, 2.45) is 13.0 Å². The highest BCUT2D eigenvalue weighted by Crippen LogP contribution is 2.29. The second-order valence-corrected chi connectivity index (χ2v) is 7.06. The highest BCUT2D eigenvalue weighted by molar-refractivity contribution is 5.98. The van der Waals surface area contributed by atoms with Crippen molar-refractivity contribution in [1.82, 2.24) is 14.5 Å². The van der Waals surface area contributed by atoms with Crippen LogP contribution >= 0.6 is 0 Å². The lowest BCUT2D eigenvalue weighted by Gasteiger charge is -2.35. The maximum absolute atomic E-state index is 13.0. The number of nitrogens with zero attached hydrogens (tertiary/aromatic N) is 3. The van der Waals surface area contributed by atoms with Gasteiger partial charge in [-0.2, -0.15) is 0 Å². The number of rotatable bonds is 3. The molecule has 1 amide bonds. The lowest BCUT2D eigenvalue weighted by Crippen LogP contribution is -2.42. The predicted molar refractivity (Wildman–Crippen MR) is 101 cm³/mol. The van der Waals surface area contributed by atoms with E-state index in [1.54, 1.807) is 6.20 Å². The number of aliphatic hydroxyl groups excluding tert-OH is 1. The van der Waals surface area contributed by atoms with Crippen molar-refractivity contribution in [2.45, 2.75) is 18.9 Å². The molecule has 26 heavy (non-hydrogen) atoms. The molecule has 2 heterocycles. The summed E-state index contributed by atoms with van der Waals surface area (Å²) in [6.45, 7) is 1.29. The smallest absolute Gasteiger partial charge is 0.253 e. The Morgan fingerprint density at radius 3 is 2.81 bits per heavy atom. The molecule has 1 N–H and O–H groups in total. The van der Waals surface area contributed by atoms with E-state index >= 15 is 0 Å². The minimum absolute atomic E-state index is 0.00857. The van der Waals surface area contributed by atoms with E-state index in [1.165, 1.54) is 0 Å². The average Bonchev–Trinajstić information content (AvgIpc) is 3.12. The summed E-state index contributed by atoms with van der Waals surface area (Å²) < 4.78 is 1.84. The minimum atomic E-state index is -0.651. The third kappa shape index (κ3) is 3.10. The number of carbonyl (C=O) groups is 1. The van der Waals surface area contributed by atoms with Crippen LogP contribution in [0.15, 0.2) is 54.9 Å². The lowest BCUT2D eigenvalue weighted by atomic mass is 9.91. The number of amides is 1. The number of aromatic nitrogens is 2. The number of aliphatic hydroxyl groups is 1. The summed E-state index contributed by atoms with van der Waals surface area (Å²) in [6, 6.07) is 13.9. The quantitative estimate of drug-likeness (QED) is 0.790. The van der Waals surface area contributed by atoms with Crippen LogP contribution in [0.2, 0.25) is 0 Å². The Kier molecular flexibility index (Phi) is 4.47. The van der Waals surface area contributed by atoms with Crippen molar-refractivity contribution >= 4 is 16.7 Å². The van der Waals surface area contributed by atoms with Crippen LogP contribution < -0.4 is 0 Å². The number of benzene rings is 2. The van der Waals surface area contributed by atoms with E-state index in [1.807, 2.05) is 65.2 Å². The van der Waals surface area contributed by atoms with Crippen molar-refractivity contribution in [3.05, 3.63) is 66.2 Å². The Hall–Kier alpha value is -2.66. The molecular weight excluding hydrogens is 326 g/mol. The van der Waals surface area contributed by atoms with Gasteiger partial charge in [0.15, 0.2) is 0 Å². The lowest BCUT2D eigenvalue weighted by molar-refractivity contribution is 0.0358. The second-order valence-electron chi connectivity index (χ2n) is 7.06. The molecule has 0 radical (unpaired) electrons. The number of hydrogen-bond acceptors (Lipinski definition) is 3. The number of fused-ring (bicyclic) bond motifs is 1. The molecule has 1 saturated heterocycles. The van der Waals surface area contributed by atoms with Crippen LogP contribution in [-0.2, 0) is 7.05 Å². The molecule has 4 rings (SSSR count). The first kappa shape index (κ1) is 16.8. The summed E-state index contributed by atoms with van der Waals surface area (Å²) in [5.41, 5.74) is 0.704. The van der Waals surface area contributed by atoms with Crippen molar-refractivity contribution in [3.8, 4) is 0 Å². The van der Waals surface area contributed by atoms with E-state index in [9.17, 15) is 9.90 Å². The summed E-state index contributed by atoms with van der Waals surface area (Å²) in [4.78, 5) is 19.1. The highest BCUT2D eigenvalue weighted by Gasteiger charge is 2.31. The molecule has 2 unspecified atom stereocenters. The summed E-state index contributed by atoms with van der Waals surface area (Å²) in [5, 5.41) is 12.9. The fraction of sp³-hybridized carbons (Fsp3) is 0.333. The van der Waals surface area contributed by atoms with Crippen LogP contribution in [0.1, 0.15) is 35.1 Å². The Bertz CT molecular complexity index is 934. The average molecular weight is 349 g/mol. The zero-order valence-corrected chi connectivity index (χ0v) is 14.9. The molecule has 1 aromatic heterocycles. The van der Waals surface area contributed by atoms with Gasteiger partial charge in [0, 0.05) is 44.0 Å². The van der Waals surface area contributed by atoms with Gasteiger partial charge in [-0.25, -0.2) is 4.98 Å². The Morgan fingerprint density at radius 1 is 1.23 bits per heavy atom. The molecule has 1 aliphatic heterocycles. The van der Waals surface area contributed by atoms with E-state index in [0.29, 0.717) is 17.9 Å². The highest BCUT2D eigenvalue weighted by atomic mass is 16.3. The molecule has 1 fully saturated rings. The van der Waals surface area contributed by atoms with Gasteiger partial charge in [-0.05, 0) is 35.7 Å². The Balaban J connectivity index is 1.53. The standard InChI is InChI=1S/C21H23N3O2/c1-23-12-10-22-20(23)19(25)18-7-4-11-24(14-18)21(26)17-9-8-15-5-2-3-6-16(15)13-17/h2-3,5-6,8-10,12-13,18-19,25H,4,7,11,14H2,1H3. The first-order valence-corrected chi connectivity index (χ1v) is 9.07. The van der Waals surface area contributed by atoms with Gasteiger partial charge in [-0.3, -0.25) is 4.79 Å². The number of imidazole rings is 1. The number of piperidine rings is 1. The zero-order chi connectivity index (χ0) is 18.1. The molecule has 0 spiro atoms. The van der Waals surface area contributed by atoms with Crippen LogP contribution in [-0.4, -0.2) is 38.6 Å². The maximum Gasteiger partial charge on any atom is 0.253 e. The van der Waals surface area contributed by atoms with Gasteiger partial charge in [0.2, 0.25) is 0 Å². The SMILES string of the molecule is Cn1ccnc1C(O)C1CCCN(C(=O)c2ccc3ccccc3c2)C1. The van der Waals surface area contributed by atoms with Crippen LogP contribution in [0.4, 0.5) is 0 Å². The normalized spacial score (nSPS) is 18.8. The third-order valence-corrected chi connectivity index (χ3v) is 5.31. The number of aryl methyl sites for hydroxylation is 1. The number of carbonyl (C=O) groups excluding carboxylic acids is 1. The first-order valence-electron chi connectivity index (χ1n) is 9.07. The number of hydrogen-bond donors (Lipinski definition) is 1. The van der Waals surface area contributed by atoms with Gasteiger partial charge in [0.05, 0.1) is 0 Å². The summed E-state index contributed by atoms with van der Waals surface area (Å²) in [6.07, 6.45) is 4.67. The van der Waals surface area contributed by atoms with Gasteiger partial charge in [-0.1, -0.05) is 30.3 Å². The van der Waals surface area contributed by atoms with Crippen LogP contribution in [0.25, 0.3) is 10.8 Å². The van der Waals surface area contributed by atoms with Crippen molar-refractivity contribution in [2.75, 3.05) is 13.1 Å². The van der Waals surface area contributed by atoms with Crippen molar-refractivity contribution in [3.63, 3.8) is 0 Å². The molecule has 134 valence electrons. The largest absolute Gasteiger partial charge is 0.385 e. The van der Waals surface area contributed by atoms with E-state index in [0.717, 1.165) is 30.2 Å². The predicted octanol–water partition coefficient (Wildman–Crippen LogP) is 3.16. The molecule has 2 atom stereocenters. The summed E-state index contributed by atoms with van der Waals surface area (Å²) in [7, 11) is 1.88. The molecule has 0 aliphatic carbocycles.